The minimum absolute atomic E-state index is 0.0265. The van der Waals surface area contributed by atoms with Crippen LogP contribution in [-0.4, -0.2) is 30.4 Å². The van der Waals surface area contributed by atoms with Crippen LogP contribution in [0.1, 0.15) is 57.7 Å². The molecule has 9 heteroatoms. The average Bonchev–Trinajstić information content (AvgIpc) is 3.19. The van der Waals surface area contributed by atoms with Crippen LogP contribution in [-0.2, 0) is 9.53 Å². The van der Waals surface area contributed by atoms with Crippen molar-refractivity contribution in [3.05, 3.63) is 89.0 Å². The maximum Gasteiger partial charge on any atom is 0.338 e. The Morgan fingerprint density at radius 1 is 1.21 bits per heavy atom. The fraction of sp³-hybridized carbons (Fsp3) is 0.345. The number of thiazole rings is 1. The number of fused-ring (bicyclic) bond motifs is 1. The summed E-state index contributed by atoms with van der Waals surface area (Å²) < 4.78 is 19.9. The van der Waals surface area contributed by atoms with Crippen LogP contribution in [0, 0.1) is 0 Å². The minimum atomic E-state index is -0.696. The fourth-order valence-corrected chi connectivity index (χ4v) is 5.77. The second kappa shape index (κ2) is 12.1. The van der Waals surface area contributed by atoms with Crippen LogP contribution in [0.5, 0.6) is 11.5 Å². The summed E-state index contributed by atoms with van der Waals surface area (Å²) in [6.07, 6.45) is 3.16. The number of allylic oxidation sites excluding steroid dienone is 1. The zero-order valence-electron chi connectivity index (χ0n) is 22.1. The third-order valence-corrected chi connectivity index (χ3v) is 7.40. The molecule has 0 bridgehead atoms. The zero-order valence-corrected chi connectivity index (χ0v) is 24.5. The molecule has 0 aliphatic carbocycles. The Kier molecular flexibility index (Phi) is 8.89. The predicted molar refractivity (Wildman–Crippen MR) is 153 cm³/mol. The molecule has 4 rings (SSSR count). The molecule has 2 aromatic carbocycles. The van der Waals surface area contributed by atoms with Gasteiger partial charge in [-0.05, 0) is 69.2 Å². The first-order valence-corrected chi connectivity index (χ1v) is 14.2. The lowest BCUT2D eigenvalue weighted by Gasteiger charge is -2.26. The molecule has 7 nitrogen and oxygen atoms in total. The molecule has 3 aromatic rings. The molecule has 0 spiro atoms. The van der Waals surface area contributed by atoms with Gasteiger partial charge in [0.2, 0.25) is 0 Å². The molecule has 1 aliphatic rings. The molecule has 2 heterocycles. The van der Waals surface area contributed by atoms with Crippen LogP contribution in [0.2, 0.25) is 0 Å². The second-order valence-corrected chi connectivity index (χ2v) is 11.0. The summed E-state index contributed by atoms with van der Waals surface area (Å²) in [7, 11) is 1.59. The molecule has 1 atom stereocenters. The van der Waals surface area contributed by atoms with Gasteiger partial charge in [-0.3, -0.25) is 9.36 Å². The van der Waals surface area contributed by atoms with Crippen molar-refractivity contribution in [2.75, 3.05) is 13.7 Å². The molecule has 1 aliphatic heterocycles. The summed E-state index contributed by atoms with van der Waals surface area (Å²) >= 11 is 4.82. The summed E-state index contributed by atoms with van der Waals surface area (Å²) in [6.45, 7) is 7.94. The lowest BCUT2D eigenvalue weighted by Crippen LogP contribution is -2.40. The van der Waals surface area contributed by atoms with Crippen molar-refractivity contribution in [1.82, 2.24) is 4.57 Å². The summed E-state index contributed by atoms with van der Waals surface area (Å²) in [5, 5.41) is 0. The highest BCUT2D eigenvalue weighted by atomic mass is 79.9. The number of esters is 1. The van der Waals surface area contributed by atoms with E-state index < -0.39 is 12.0 Å². The van der Waals surface area contributed by atoms with Gasteiger partial charge in [0.15, 0.2) is 4.80 Å². The van der Waals surface area contributed by atoms with E-state index in [1.54, 1.807) is 18.6 Å². The first kappa shape index (κ1) is 27.9. The van der Waals surface area contributed by atoms with Crippen LogP contribution in [0.4, 0.5) is 0 Å². The average molecular weight is 600 g/mol. The van der Waals surface area contributed by atoms with E-state index >= 15 is 0 Å². The summed E-state index contributed by atoms with van der Waals surface area (Å²) in [5.74, 6) is 0.838. The Bertz CT molecular complexity index is 1550. The number of benzene rings is 2. The fourth-order valence-electron chi connectivity index (χ4n) is 4.38. The number of carbonyl (C=O) groups is 1. The van der Waals surface area contributed by atoms with Gasteiger partial charge in [0, 0.05) is 10.0 Å². The Morgan fingerprint density at radius 3 is 2.68 bits per heavy atom. The maximum absolute atomic E-state index is 14.0. The molecule has 0 amide bonds. The highest BCUT2D eigenvalue weighted by Crippen LogP contribution is 2.34. The normalized spacial score (nSPS) is 15.3. The lowest BCUT2D eigenvalue weighted by atomic mass is 9.94. The second-order valence-electron chi connectivity index (χ2n) is 9.04. The highest BCUT2D eigenvalue weighted by Gasteiger charge is 2.34. The number of ether oxygens (including phenoxy) is 3. The summed E-state index contributed by atoms with van der Waals surface area (Å²) in [5.41, 5.74) is 2.30. The summed E-state index contributed by atoms with van der Waals surface area (Å²) in [6, 6.07) is 12.4. The van der Waals surface area contributed by atoms with Crippen LogP contribution >= 0.6 is 27.3 Å². The highest BCUT2D eigenvalue weighted by molar-refractivity contribution is 9.10. The number of nitrogens with zero attached hydrogens (tertiary/aromatic N) is 2. The topological polar surface area (TPSA) is 79.1 Å². The van der Waals surface area contributed by atoms with Crippen LogP contribution in [0.15, 0.2) is 68.0 Å². The van der Waals surface area contributed by atoms with Gasteiger partial charge in [-0.1, -0.05) is 52.7 Å². The van der Waals surface area contributed by atoms with Gasteiger partial charge in [0.25, 0.3) is 5.56 Å². The number of aromatic nitrogens is 1. The van der Waals surface area contributed by atoms with Gasteiger partial charge in [-0.2, -0.15) is 0 Å². The summed E-state index contributed by atoms with van der Waals surface area (Å²) in [4.78, 5) is 32.7. The van der Waals surface area contributed by atoms with Gasteiger partial charge < -0.3 is 14.2 Å². The molecule has 0 radical (unpaired) electrons. The zero-order chi connectivity index (χ0) is 27.4. The molecule has 0 fully saturated rings. The van der Waals surface area contributed by atoms with Gasteiger partial charge >= 0.3 is 5.97 Å². The Hall–Kier alpha value is -3.17. The molecule has 0 unspecified atom stereocenters. The van der Waals surface area contributed by atoms with Crippen molar-refractivity contribution < 1.29 is 19.0 Å². The molecule has 1 aromatic heterocycles. The van der Waals surface area contributed by atoms with Crippen molar-refractivity contribution in [3.63, 3.8) is 0 Å². The number of hydrogen-bond donors (Lipinski definition) is 0. The maximum atomic E-state index is 14.0. The van der Waals surface area contributed by atoms with Crippen LogP contribution in [0.3, 0.4) is 0 Å². The number of hydrogen-bond acceptors (Lipinski definition) is 7. The van der Waals surface area contributed by atoms with E-state index in [-0.39, 0.29) is 18.3 Å². The largest absolute Gasteiger partial charge is 0.497 e. The lowest BCUT2D eigenvalue weighted by molar-refractivity contribution is -0.139. The molecule has 0 N–H and O–H groups in total. The van der Waals surface area contributed by atoms with Gasteiger partial charge in [0.05, 0.1) is 41.7 Å². The van der Waals surface area contributed by atoms with Gasteiger partial charge in [0.1, 0.15) is 11.5 Å². The van der Waals surface area contributed by atoms with E-state index in [4.69, 9.17) is 19.2 Å². The monoisotopic (exact) mass is 598 g/mol. The van der Waals surface area contributed by atoms with E-state index in [9.17, 15) is 9.59 Å². The predicted octanol–water partition coefficient (Wildman–Crippen LogP) is 5.14. The van der Waals surface area contributed by atoms with E-state index in [2.05, 4.69) is 15.9 Å². The standard InChI is InChI=1S/C29H31BrN2O5S/c1-6-9-22-25(28(34)36-7-2)26(18-10-8-11-21(15-18)35-5)32-27(33)24(38-29(32)31-22)16-19-14-20(30)12-13-23(19)37-17(3)4/h8,10-17,26H,6-7,9H2,1-5H3/b24-16+/t26-/m1/s1. The van der Waals surface area contributed by atoms with Crippen LogP contribution in [0.25, 0.3) is 6.08 Å². The van der Waals surface area contributed by atoms with Gasteiger partial charge in [-0.15, -0.1) is 0 Å². The van der Waals surface area contributed by atoms with E-state index in [1.807, 2.05) is 69.3 Å². The molecule has 0 saturated heterocycles. The number of carbonyl (C=O) groups excluding carboxylic acids is 1. The van der Waals surface area contributed by atoms with E-state index in [0.29, 0.717) is 38.5 Å². The van der Waals surface area contributed by atoms with Crippen molar-refractivity contribution >= 4 is 39.3 Å². The van der Waals surface area contributed by atoms with Crippen molar-refractivity contribution in [3.8, 4) is 11.5 Å². The molecule has 200 valence electrons. The third-order valence-electron chi connectivity index (χ3n) is 5.92. The third kappa shape index (κ3) is 5.78. The van der Waals surface area contributed by atoms with Crippen LogP contribution < -0.4 is 24.4 Å². The first-order valence-electron chi connectivity index (χ1n) is 12.6. The quantitative estimate of drug-likeness (QED) is 0.319. The SMILES string of the molecule is CCCC1=C(C(=O)OCC)[C@@H](c2cccc(OC)c2)n2c(s/c(=C/c3cc(Br)ccc3OC(C)C)c2=O)=N1. The Balaban J connectivity index is 2.00. The number of halogens is 1. The van der Waals surface area contributed by atoms with E-state index in [0.717, 1.165) is 22.0 Å². The molecule has 38 heavy (non-hydrogen) atoms. The van der Waals surface area contributed by atoms with E-state index in [1.165, 1.54) is 11.3 Å². The van der Waals surface area contributed by atoms with Crippen molar-refractivity contribution in [1.29, 1.82) is 0 Å². The minimum Gasteiger partial charge on any atom is -0.497 e. The van der Waals surface area contributed by atoms with Crippen molar-refractivity contribution in [2.24, 2.45) is 4.99 Å². The Morgan fingerprint density at radius 2 is 2.00 bits per heavy atom. The Labute approximate surface area is 234 Å². The number of methoxy groups -OCH3 is 1. The molecule has 0 saturated carbocycles. The van der Waals surface area contributed by atoms with Gasteiger partial charge in [-0.25, -0.2) is 9.79 Å². The smallest absolute Gasteiger partial charge is 0.338 e. The number of rotatable bonds is 9. The first-order chi connectivity index (χ1) is 18.3. The molecular formula is C29H31BrN2O5S. The van der Waals surface area contributed by atoms with Crippen molar-refractivity contribution in [2.45, 2.75) is 52.7 Å². The molecular weight excluding hydrogens is 568 g/mol.